The molecule has 1 atom stereocenters. The average Bonchev–Trinajstić information content (AvgIpc) is 3.38. The van der Waals surface area contributed by atoms with E-state index in [2.05, 4.69) is 11.9 Å². The summed E-state index contributed by atoms with van der Waals surface area (Å²) in [6.07, 6.45) is 2.89. The Balaban J connectivity index is 1.72. The van der Waals surface area contributed by atoms with Crippen molar-refractivity contribution in [3.05, 3.63) is 64.8 Å². The van der Waals surface area contributed by atoms with E-state index in [0.717, 1.165) is 51.6 Å². The van der Waals surface area contributed by atoms with Crippen LogP contribution in [0.25, 0.3) is 21.0 Å². The van der Waals surface area contributed by atoms with Gasteiger partial charge in [-0.15, -0.1) is 11.3 Å². The van der Waals surface area contributed by atoms with Crippen molar-refractivity contribution in [2.75, 3.05) is 20.1 Å². The lowest BCUT2D eigenvalue weighted by Crippen LogP contribution is -2.13. The molecule has 1 aliphatic rings. The van der Waals surface area contributed by atoms with Crippen LogP contribution < -0.4 is 0 Å². The van der Waals surface area contributed by atoms with Crippen molar-refractivity contribution >= 4 is 54.0 Å². The van der Waals surface area contributed by atoms with E-state index < -0.39 is 10.0 Å². The first kappa shape index (κ1) is 19.1. The minimum atomic E-state index is -3.71. The molecule has 0 N–H and O–H groups in total. The maximum absolute atomic E-state index is 13.7. The summed E-state index contributed by atoms with van der Waals surface area (Å²) in [6, 6.07) is 13.3. The zero-order chi connectivity index (χ0) is 20.3. The number of hydrogen-bond donors (Lipinski definition) is 0. The molecule has 2 aromatic carbocycles. The molecular weight excluding hydrogens is 424 g/mol. The minimum absolute atomic E-state index is 0.351. The van der Waals surface area contributed by atoms with Gasteiger partial charge in [-0.3, -0.25) is 0 Å². The molecule has 5 rings (SSSR count). The van der Waals surface area contributed by atoms with E-state index in [0.29, 0.717) is 15.1 Å². The Labute approximate surface area is 179 Å². The van der Waals surface area contributed by atoms with E-state index in [1.54, 1.807) is 6.07 Å². The molecular formula is C22H21ClN2O2S2. The maximum atomic E-state index is 13.7. The van der Waals surface area contributed by atoms with Crippen LogP contribution >= 0.6 is 22.9 Å². The second-order valence-electron chi connectivity index (χ2n) is 7.81. The quantitative estimate of drug-likeness (QED) is 0.420. The maximum Gasteiger partial charge on any atom is 0.277 e. The van der Waals surface area contributed by atoms with Crippen LogP contribution in [-0.2, 0) is 10.0 Å². The molecule has 4 nitrogen and oxygen atoms in total. The van der Waals surface area contributed by atoms with Gasteiger partial charge in [0, 0.05) is 27.9 Å². The Morgan fingerprint density at radius 1 is 1.14 bits per heavy atom. The van der Waals surface area contributed by atoms with E-state index >= 15 is 0 Å². The fourth-order valence-corrected chi connectivity index (χ4v) is 7.76. The Bertz CT molecular complexity index is 1350. The molecule has 0 saturated carbocycles. The Kier molecular flexibility index (Phi) is 4.51. The smallest absolute Gasteiger partial charge is 0.277 e. The van der Waals surface area contributed by atoms with Gasteiger partial charge in [0.25, 0.3) is 10.0 Å². The molecule has 2 aromatic heterocycles. The molecule has 1 aliphatic heterocycles. The van der Waals surface area contributed by atoms with Crippen LogP contribution in [0.2, 0.25) is 5.02 Å². The molecule has 0 spiro atoms. The molecule has 7 heteroatoms. The van der Waals surface area contributed by atoms with Gasteiger partial charge in [0.15, 0.2) is 0 Å². The summed E-state index contributed by atoms with van der Waals surface area (Å²) in [5.41, 5.74) is 2.62. The van der Waals surface area contributed by atoms with E-state index in [9.17, 15) is 8.42 Å². The number of thiophene rings is 1. The lowest BCUT2D eigenvalue weighted by molar-refractivity contribution is 0.412. The summed E-state index contributed by atoms with van der Waals surface area (Å²) in [6.45, 7) is 3.85. The predicted molar refractivity (Wildman–Crippen MR) is 121 cm³/mol. The van der Waals surface area contributed by atoms with Crippen LogP contribution in [0.4, 0.5) is 0 Å². The number of para-hydroxylation sites is 1. The first-order valence-corrected chi connectivity index (χ1v) is 12.2. The molecule has 0 radical (unpaired) electrons. The van der Waals surface area contributed by atoms with Crippen LogP contribution in [0.5, 0.6) is 0 Å². The van der Waals surface area contributed by atoms with Crippen LogP contribution in [0.1, 0.15) is 23.5 Å². The third-order valence-corrected chi connectivity index (χ3v) is 9.67. The monoisotopic (exact) mass is 444 g/mol. The zero-order valence-corrected chi connectivity index (χ0v) is 18.6. The lowest BCUT2D eigenvalue weighted by atomic mass is 9.98. The van der Waals surface area contributed by atoms with Crippen molar-refractivity contribution in [1.29, 1.82) is 0 Å². The number of benzene rings is 2. The summed E-state index contributed by atoms with van der Waals surface area (Å²) in [4.78, 5) is 2.30. The highest BCUT2D eigenvalue weighted by atomic mass is 35.5. The van der Waals surface area contributed by atoms with Gasteiger partial charge in [0.2, 0.25) is 0 Å². The number of likely N-dealkylation sites (N-methyl/N-ethyl adjacent to an activating group) is 1. The number of halogens is 1. The van der Waals surface area contributed by atoms with Crippen molar-refractivity contribution in [2.45, 2.75) is 23.5 Å². The molecule has 0 aliphatic carbocycles. The minimum Gasteiger partial charge on any atom is -0.306 e. The van der Waals surface area contributed by atoms with Crippen LogP contribution in [0.3, 0.4) is 0 Å². The lowest BCUT2D eigenvalue weighted by Gasteiger charge is -2.09. The SMILES string of the molecule is Cc1c(S(=O)(=O)n2cc(C3CCN(C)C3)c3ccccc32)sc2ccc(Cl)cc12. The van der Waals surface area contributed by atoms with Gasteiger partial charge in [-0.25, -0.2) is 3.97 Å². The highest BCUT2D eigenvalue weighted by Gasteiger charge is 2.29. The summed E-state index contributed by atoms with van der Waals surface area (Å²) >= 11 is 7.45. The van der Waals surface area contributed by atoms with Crippen molar-refractivity contribution < 1.29 is 8.42 Å². The van der Waals surface area contributed by atoms with Gasteiger partial charge in [-0.1, -0.05) is 29.8 Å². The topological polar surface area (TPSA) is 42.3 Å². The van der Waals surface area contributed by atoms with E-state index in [-0.39, 0.29) is 0 Å². The number of nitrogens with zero attached hydrogens (tertiary/aromatic N) is 2. The van der Waals surface area contributed by atoms with Crippen molar-refractivity contribution in [2.24, 2.45) is 0 Å². The van der Waals surface area contributed by atoms with Gasteiger partial charge < -0.3 is 4.90 Å². The second kappa shape index (κ2) is 6.84. The fourth-order valence-electron chi connectivity index (χ4n) is 4.39. The highest BCUT2D eigenvalue weighted by molar-refractivity contribution is 7.92. The Hall–Kier alpha value is -1.86. The predicted octanol–water partition coefficient (Wildman–Crippen LogP) is 5.47. The van der Waals surface area contributed by atoms with E-state index in [4.69, 9.17) is 11.6 Å². The second-order valence-corrected chi connectivity index (χ2v) is 11.3. The summed E-state index contributed by atoms with van der Waals surface area (Å²) in [7, 11) is -1.60. The number of aryl methyl sites for hydroxylation is 1. The van der Waals surface area contributed by atoms with Crippen LogP contribution in [0, 0.1) is 6.92 Å². The van der Waals surface area contributed by atoms with E-state index in [1.807, 2.05) is 49.5 Å². The molecule has 1 fully saturated rings. The molecule has 3 heterocycles. The molecule has 0 bridgehead atoms. The van der Waals surface area contributed by atoms with Crippen molar-refractivity contribution in [3.8, 4) is 0 Å². The molecule has 0 amide bonds. The van der Waals surface area contributed by atoms with Gasteiger partial charge in [0.05, 0.1) is 5.52 Å². The average molecular weight is 445 g/mol. The van der Waals surface area contributed by atoms with Crippen LogP contribution in [-0.4, -0.2) is 37.4 Å². The first-order valence-electron chi connectivity index (χ1n) is 9.59. The number of fused-ring (bicyclic) bond motifs is 2. The number of hydrogen-bond acceptors (Lipinski definition) is 4. The number of likely N-dealkylation sites (tertiary alicyclic amines) is 1. The summed E-state index contributed by atoms with van der Waals surface area (Å²) < 4.78 is 30.3. The van der Waals surface area contributed by atoms with Crippen molar-refractivity contribution in [3.63, 3.8) is 0 Å². The molecule has 1 saturated heterocycles. The third-order valence-electron chi connectivity index (χ3n) is 5.89. The van der Waals surface area contributed by atoms with Gasteiger partial charge >= 0.3 is 0 Å². The standard InChI is InChI=1S/C22H21ClN2O2S2/c1-14-18-11-16(23)7-8-21(18)28-22(14)29(26,27)25-13-19(15-9-10-24(2)12-15)17-5-3-4-6-20(17)25/h3-8,11,13,15H,9-10,12H2,1-2H3. The van der Waals surface area contributed by atoms with Crippen LogP contribution in [0.15, 0.2) is 52.9 Å². The summed E-state index contributed by atoms with van der Waals surface area (Å²) in [5.74, 6) is 0.351. The molecule has 150 valence electrons. The largest absolute Gasteiger partial charge is 0.306 e. The first-order chi connectivity index (χ1) is 13.9. The summed E-state index contributed by atoms with van der Waals surface area (Å²) in [5, 5.41) is 2.54. The Morgan fingerprint density at radius 2 is 1.93 bits per heavy atom. The van der Waals surface area contributed by atoms with Crippen molar-refractivity contribution in [1.82, 2.24) is 8.87 Å². The fraction of sp³-hybridized carbons (Fsp3) is 0.273. The molecule has 4 aromatic rings. The van der Waals surface area contributed by atoms with E-state index in [1.165, 1.54) is 15.3 Å². The Morgan fingerprint density at radius 3 is 2.69 bits per heavy atom. The van der Waals surface area contributed by atoms with Gasteiger partial charge in [0.1, 0.15) is 4.21 Å². The third kappa shape index (κ3) is 3.01. The highest BCUT2D eigenvalue weighted by Crippen LogP contribution is 2.39. The van der Waals surface area contributed by atoms with Gasteiger partial charge in [-0.05, 0) is 73.6 Å². The normalized spacial score (nSPS) is 18.2. The zero-order valence-electron chi connectivity index (χ0n) is 16.2. The number of rotatable bonds is 3. The molecule has 1 unspecified atom stereocenters. The van der Waals surface area contributed by atoms with Gasteiger partial charge in [-0.2, -0.15) is 8.42 Å². The molecule has 29 heavy (non-hydrogen) atoms. The number of aromatic nitrogens is 1.